The quantitative estimate of drug-likeness (QED) is 0.536. The summed E-state index contributed by atoms with van der Waals surface area (Å²) in [7, 11) is -2.07. The first-order chi connectivity index (χ1) is 9.99. The molecule has 4 N–H and O–H groups in total. The summed E-state index contributed by atoms with van der Waals surface area (Å²) in [6.07, 6.45) is 0.247. The molecule has 0 atom stereocenters. The van der Waals surface area contributed by atoms with Gasteiger partial charge in [-0.1, -0.05) is 12.1 Å². The number of ether oxygens (including phenoxy) is 1. The maximum absolute atomic E-state index is 12.0. The molecule has 21 heavy (non-hydrogen) atoms. The minimum Gasteiger partial charge on any atom is -0.383 e. The smallest absolute Gasteiger partial charge is 0.240 e. The normalized spacial score (nSPS) is 11.3. The number of rotatable bonds is 9. The molecule has 118 valence electrons. The molecule has 1 aromatic carbocycles. The molecular formula is C13H21N3O4S. The summed E-state index contributed by atoms with van der Waals surface area (Å²) in [5.74, 6) is -0.163. The summed E-state index contributed by atoms with van der Waals surface area (Å²) in [6, 6.07) is 6.41. The van der Waals surface area contributed by atoms with Gasteiger partial charge in [0.2, 0.25) is 15.9 Å². The molecule has 0 aliphatic rings. The number of benzene rings is 1. The molecule has 0 aliphatic carbocycles. The average molecular weight is 315 g/mol. The topological polar surface area (TPSA) is 111 Å². The molecule has 0 saturated carbocycles. The van der Waals surface area contributed by atoms with Gasteiger partial charge in [0.1, 0.15) is 0 Å². The number of amides is 1. The molecule has 0 radical (unpaired) electrons. The molecule has 0 aliphatic heterocycles. The molecule has 1 amide bonds. The Morgan fingerprint density at radius 2 is 2.14 bits per heavy atom. The number of hydrogen-bond acceptors (Lipinski definition) is 5. The fraction of sp³-hybridized carbons (Fsp3) is 0.462. The highest BCUT2D eigenvalue weighted by Crippen LogP contribution is 2.11. The van der Waals surface area contributed by atoms with Crippen molar-refractivity contribution in [2.45, 2.75) is 17.9 Å². The first-order valence-electron chi connectivity index (χ1n) is 6.54. The molecular weight excluding hydrogens is 294 g/mol. The number of carbonyl (C=O) groups excluding carboxylic acids is 1. The number of hydrogen-bond donors (Lipinski definition) is 3. The van der Waals surface area contributed by atoms with Crippen molar-refractivity contribution in [2.75, 3.05) is 26.8 Å². The van der Waals surface area contributed by atoms with Crippen LogP contribution in [0, 0.1) is 0 Å². The Morgan fingerprint density at radius 1 is 1.38 bits per heavy atom. The van der Waals surface area contributed by atoms with Gasteiger partial charge in [-0.15, -0.1) is 0 Å². The lowest BCUT2D eigenvalue weighted by molar-refractivity contribution is -0.121. The Kier molecular flexibility index (Phi) is 7.30. The standard InChI is InChI=1S/C13H21N3O4S/c1-20-8-7-16-21(18,19)12-4-2-3-11(9-12)10-15-13(17)5-6-14/h2-4,9,16H,5-8,10,14H2,1H3,(H,15,17). The van der Waals surface area contributed by atoms with E-state index in [2.05, 4.69) is 10.0 Å². The number of nitrogens with one attached hydrogen (secondary N) is 2. The molecule has 8 heteroatoms. The second-order valence-corrected chi connectivity index (χ2v) is 6.12. The number of sulfonamides is 1. The number of nitrogens with two attached hydrogens (primary N) is 1. The summed E-state index contributed by atoms with van der Waals surface area (Å²) >= 11 is 0. The van der Waals surface area contributed by atoms with Crippen molar-refractivity contribution in [3.8, 4) is 0 Å². The summed E-state index contributed by atoms with van der Waals surface area (Å²) in [5.41, 5.74) is 5.98. The molecule has 7 nitrogen and oxygen atoms in total. The Morgan fingerprint density at radius 3 is 2.81 bits per heavy atom. The van der Waals surface area contributed by atoms with Gasteiger partial charge in [-0.3, -0.25) is 4.79 Å². The first-order valence-corrected chi connectivity index (χ1v) is 8.02. The van der Waals surface area contributed by atoms with Crippen LogP contribution in [0.4, 0.5) is 0 Å². The third kappa shape index (κ3) is 6.21. The molecule has 0 unspecified atom stereocenters. The van der Waals surface area contributed by atoms with E-state index in [1.165, 1.54) is 19.2 Å². The molecule has 0 heterocycles. The molecule has 0 fully saturated rings. The van der Waals surface area contributed by atoms with Crippen molar-refractivity contribution in [1.82, 2.24) is 10.0 Å². The van der Waals surface area contributed by atoms with E-state index in [9.17, 15) is 13.2 Å². The SMILES string of the molecule is COCCNS(=O)(=O)c1cccc(CNC(=O)CCN)c1. The zero-order chi connectivity index (χ0) is 15.7. The largest absolute Gasteiger partial charge is 0.383 e. The number of carbonyl (C=O) groups is 1. The van der Waals surface area contributed by atoms with E-state index in [1.54, 1.807) is 12.1 Å². The first kappa shape index (κ1) is 17.6. The second-order valence-electron chi connectivity index (χ2n) is 4.35. The Labute approximate surface area is 124 Å². The van der Waals surface area contributed by atoms with Crippen LogP contribution in [-0.4, -0.2) is 41.1 Å². The van der Waals surface area contributed by atoms with Gasteiger partial charge in [0.05, 0.1) is 11.5 Å². The molecule has 1 rings (SSSR count). The van der Waals surface area contributed by atoms with Crippen molar-refractivity contribution in [3.05, 3.63) is 29.8 Å². The van der Waals surface area contributed by atoms with Gasteiger partial charge >= 0.3 is 0 Å². The van der Waals surface area contributed by atoms with Crippen molar-refractivity contribution >= 4 is 15.9 Å². The molecule has 0 spiro atoms. The monoisotopic (exact) mass is 315 g/mol. The van der Waals surface area contributed by atoms with Crippen molar-refractivity contribution in [1.29, 1.82) is 0 Å². The highest BCUT2D eigenvalue weighted by atomic mass is 32.2. The Bertz CT molecular complexity index is 560. The van der Waals surface area contributed by atoms with Crippen molar-refractivity contribution in [2.24, 2.45) is 5.73 Å². The van der Waals surface area contributed by atoms with E-state index < -0.39 is 10.0 Å². The van der Waals surface area contributed by atoms with Crippen LogP contribution in [0.3, 0.4) is 0 Å². The highest BCUT2D eigenvalue weighted by molar-refractivity contribution is 7.89. The van der Waals surface area contributed by atoms with Gasteiger partial charge in [-0.2, -0.15) is 0 Å². The van der Waals surface area contributed by atoms with Gasteiger partial charge in [-0.05, 0) is 17.7 Å². The summed E-state index contributed by atoms with van der Waals surface area (Å²) in [5, 5.41) is 2.68. The minimum atomic E-state index is -3.57. The van der Waals surface area contributed by atoms with Gasteiger partial charge in [0.25, 0.3) is 0 Å². The van der Waals surface area contributed by atoms with Crippen LogP contribution in [0.25, 0.3) is 0 Å². The van der Waals surface area contributed by atoms with E-state index in [4.69, 9.17) is 10.5 Å². The zero-order valence-corrected chi connectivity index (χ0v) is 12.8. The lowest BCUT2D eigenvalue weighted by Gasteiger charge is -2.09. The molecule has 0 saturated heterocycles. The van der Waals surface area contributed by atoms with Gasteiger partial charge in [0.15, 0.2) is 0 Å². The van der Waals surface area contributed by atoms with Crippen molar-refractivity contribution < 1.29 is 17.9 Å². The summed E-state index contributed by atoms with van der Waals surface area (Å²) < 4.78 is 31.3. The number of methoxy groups -OCH3 is 1. The van der Waals surface area contributed by atoms with Crippen molar-refractivity contribution in [3.63, 3.8) is 0 Å². The molecule has 0 bridgehead atoms. The average Bonchev–Trinajstić information content (AvgIpc) is 2.46. The van der Waals surface area contributed by atoms with Crippen LogP contribution >= 0.6 is 0 Å². The second kappa shape index (κ2) is 8.73. The van der Waals surface area contributed by atoms with Gasteiger partial charge < -0.3 is 15.8 Å². The van der Waals surface area contributed by atoms with E-state index >= 15 is 0 Å². The maximum Gasteiger partial charge on any atom is 0.240 e. The van der Waals surface area contributed by atoms with Crippen LogP contribution in [-0.2, 0) is 26.1 Å². The van der Waals surface area contributed by atoms with E-state index in [1.807, 2.05) is 0 Å². The molecule has 1 aromatic rings. The predicted molar refractivity (Wildman–Crippen MR) is 79.0 cm³/mol. The van der Waals surface area contributed by atoms with E-state index in [0.29, 0.717) is 12.2 Å². The summed E-state index contributed by atoms with van der Waals surface area (Å²) in [6.45, 7) is 1.05. The Hall–Kier alpha value is -1.48. The highest BCUT2D eigenvalue weighted by Gasteiger charge is 2.13. The fourth-order valence-corrected chi connectivity index (χ4v) is 2.69. The van der Waals surface area contributed by atoms with Crippen LogP contribution in [0.5, 0.6) is 0 Å². The van der Waals surface area contributed by atoms with Crippen LogP contribution in [0.2, 0.25) is 0 Å². The van der Waals surface area contributed by atoms with Crippen LogP contribution in [0.15, 0.2) is 29.2 Å². The minimum absolute atomic E-state index is 0.157. The van der Waals surface area contributed by atoms with E-state index in [-0.39, 0.29) is 36.9 Å². The zero-order valence-electron chi connectivity index (χ0n) is 12.0. The third-order valence-electron chi connectivity index (χ3n) is 2.67. The predicted octanol–water partition coefficient (Wildman–Crippen LogP) is -0.424. The lowest BCUT2D eigenvalue weighted by Crippen LogP contribution is -2.27. The maximum atomic E-state index is 12.0. The third-order valence-corrected chi connectivity index (χ3v) is 4.13. The lowest BCUT2D eigenvalue weighted by atomic mass is 10.2. The van der Waals surface area contributed by atoms with Crippen LogP contribution in [0.1, 0.15) is 12.0 Å². The fourth-order valence-electron chi connectivity index (χ4n) is 1.60. The van der Waals surface area contributed by atoms with E-state index in [0.717, 1.165) is 0 Å². The molecule has 0 aromatic heterocycles. The summed E-state index contributed by atoms with van der Waals surface area (Å²) in [4.78, 5) is 11.5. The van der Waals surface area contributed by atoms with Gasteiger partial charge in [0, 0.05) is 33.2 Å². The van der Waals surface area contributed by atoms with Gasteiger partial charge in [-0.25, -0.2) is 13.1 Å². The van der Waals surface area contributed by atoms with Crippen LogP contribution < -0.4 is 15.8 Å². The Balaban J connectivity index is 2.69.